The van der Waals surface area contributed by atoms with Gasteiger partial charge in [0.05, 0.1) is 0 Å². The molecule has 2 atom stereocenters. The van der Waals surface area contributed by atoms with Crippen LogP contribution in [-0.4, -0.2) is 61.2 Å². The Balaban J connectivity index is 0.000000741. The average Bonchev–Trinajstić information content (AvgIpc) is 2.41. The van der Waals surface area contributed by atoms with Crippen LogP contribution in [0.3, 0.4) is 0 Å². The molecule has 3 heteroatoms. The summed E-state index contributed by atoms with van der Waals surface area (Å²) in [7, 11) is 0. The molecule has 19 heavy (non-hydrogen) atoms. The van der Waals surface area contributed by atoms with Crippen LogP contribution in [-0.2, 0) is 0 Å². The molecule has 2 rings (SSSR count). The highest BCUT2D eigenvalue weighted by Gasteiger charge is 2.30. The minimum atomic E-state index is 0.735. The van der Waals surface area contributed by atoms with Gasteiger partial charge in [-0.25, -0.2) is 0 Å². The van der Waals surface area contributed by atoms with E-state index in [1.54, 1.807) is 0 Å². The van der Waals surface area contributed by atoms with Crippen LogP contribution in [0.5, 0.6) is 0 Å². The predicted molar refractivity (Wildman–Crippen MR) is 86.8 cm³/mol. The van der Waals surface area contributed by atoms with Crippen molar-refractivity contribution in [1.29, 1.82) is 0 Å². The fraction of sp³-hybridized carbons (Fsp3) is 1.00. The monoisotopic (exact) mass is 271 g/mol. The maximum Gasteiger partial charge on any atom is 0.0195 e. The molecule has 116 valence electrons. The lowest BCUT2D eigenvalue weighted by Gasteiger charge is -2.46. The van der Waals surface area contributed by atoms with Gasteiger partial charge in [-0.15, -0.1) is 0 Å². The average molecular weight is 271 g/mol. The Hall–Kier alpha value is -0.120. The summed E-state index contributed by atoms with van der Waals surface area (Å²) in [5.74, 6) is 0.910. The summed E-state index contributed by atoms with van der Waals surface area (Å²) in [6, 6.07) is 1.47. The second-order valence-corrected chi connectivity index (χ2v) is 5.26. The van der Waals surface area contributed by atoms with Crippen molar-refractivity contribution in [3.05, 3.63) is 0 Å². The molecule has 2 aliphatic heterocycles. The van der Waals surface area contributed by atoms with Crippen molar-refractivity contribution in [1.82, 2.24) is 15.1 Å². The topological polar surface area (TPSA) is 18.5 Å². The summed E-state index contributed by atoms with van der Waals surface area (Å²) in [5, 5.41) is 3.36. The fourth-order valence-electron chi connectivity index (χ4n) is 2.77. The van der Waals surface area contributed by atoms with Crippen LogP contribution < -0.4 is 5.32 Å². The van der Waals surface area contributed by atoms with Gasteiger partial charge in [0.1, 0.15) is 0 Å². The third-order valence-corrected chi connectivity index (χ3v) is 4.01. The van der Waals surface area contributed by atoms with E-state index >= 15 is 0 Å². The zero-order valence-electron chi connectivity index (χ0n) is 14.4. The molecule has 0 spiro atoms. The Morgan fingerprint density at radius 1 is 0.895 bits per heavy atom. The minimum Gasteiger partial charge on any atom is -0.316 e. The van der Waals surface area contributed by atoms with Crippen molar-refractivity contribution in [2.24, 2.45) is 5.92 Å². The van der Waals surface area contributed by atoms with Gasteiger partial charge in [-0.2, -0.15) is 0 Å². The first kappa shape index (κ1) is 18.9. The summed E-state index contributed by atoms with van der Waals surface area (Å²) in [5.41, 5.74) is 0. The molecule has 0 saturated carbocycles. The molecule has 0 bridgehead atoms. The molecule has 0 aromatic rings. The third-order valence-electron chi connectivity index (χ3n) is 4.01. The molecular formula is C16H37N3. The lowest BCUT2D eigenvalue weighted by atomic mass is 10.00. The van der Waals surface area contributed by atoms with Crippen molar-refractivity contribution < 1.29 is 0 Å². The minimum absolute atomic E-state index is 0.735. The quantitative estimate of drug-likeness (QED) is 0.851. The highest BCUT2D eigenvalue weighted by Crippen LogP contribution is 2.17. The molecular weight excluding hydrogens is 234 g/mol. The van der Waals surface area contributed by atoms with Gasteiger partial charge in [-0.1, -0.05) is 34.6 Å². The molecule has 2 heterocycles. The first-order valence-corrected chi connectivity index (χ1v) is 8.39. The van der Waals surface area contributed by atoms with Gasteiger partial charge in [0.2, 0.25) is 0 Å². The Bertz CT molecular complexity index is 204. The summed E-state index contributed by atoms with van der Waals surface area (Å²) in [6.45, 7) is 22.5. The highest BCUT2D eigenvalue weighted by molar-refractivity contribution is 4.87. The summed E-state index contributed by atoms with van der Waals surface area (Å²) >= 11 is 0. The maximum atomic E-state index is 3.36. The van der Waals surface area contributed by atoms with Gasteiger partial charge in [-0.05, 0) is 26.3 Å². The van der Waals surface area contributed by atoms with Crippen molar-refractivity contribution in [2.45, 2.75) is 60.5 Å². The third kappa shape index (κ3) is 5.80. The van der Waals surface area contributed by atoms with E-state index in [0.717, 1.165) is 18.0 Å². The van der Waals surface area contributed by atoms with Gasteiger partial charge in [0, 0.05) is 44.8 Å². The second-order valence-electron chi connectivity index (χ2n) is 5.26. The normalized spacial score (nSPS) is 28.6. The van der Waals surface area contributed by atoms with Crippen LogP contribution in [0.15, 0.2) is 0 Å². The van der Waals surface area contributed by atoms with Gasteiger partial charge in [-0.3, -0.25) is 9.80 Å². The molecule has 0 amide bonds. The number of piperazine rings is 1. The first-order chi connectivity index (χ1) is 9.20. The van der Waals surface area contributed by atoms with Crippen LogP contribution in [0.2, 0.25) is 0 Å². The molecule has 0 radical (unpaired) electrons. The molecule has 2 fully saturated rings. The van der Waals surface area contributed by atoms with E-state index in [1.165, 1.54) is 39.3 Å². The molecule has 0 unspecified atom stereocenters. The number of hydrogen-bond acceptors (Lipinski definition) is 3. The summed E-state index contributed by atoms with van der Waals surface area (Å²) in [6.07, 6.45) is 0. The number of nitrogens with one attached hydrogen (secondary N) is 1. The van der Waals surface area contributed by atoms with Crippen LogP contribution in [0, 0.1) is 5.92 Å². The predicted octanol–water partition coefficient (Wildman–Crippen LogP) is 2.67. The van der Waals surface area contributed by atoms with Gasteiger partial charge in [0.15, 0.2) is 0 Å². The Kier molecular flexibility index (Phi) is 10.6. The smallest absolute Gasteiger partial charge is 0.0195 e. The van der Waals surface area contributed by atoms with Gasteiger partial charge in [0.25, 0.3) is 0 Å². The second kappa shape index (κ2) is 10.6. The Labute approximate surface area is 121 Å². The Morgan fingerprint density at radius 2 is 1.37 bits per heavy atom. The van der Waals surface area contributed by atoms with Crippen molar-refractivity contribution in [3.63, 3.8) is 0 Å². The largest absolute Gasteiger partial charge is 0.316 e. The van der Waals surface area contributed by atoms with E-state index in [4.69, 9.17) is 0 Å². The summed E-state index contributed by atoms with van der Waals surface area (Å²) in [4.78, 5) is 5.28. The van der Waals surface area contributed by atoms with E-state index in [1.807, 2.05) is 27.7 Å². The van der Waals surface area contributed by atoms with E-state index in [2.05, 4.69) is 35.9 Å². The van der Waals surface area contributed by atoms with Crippen molar-refractivity contribution >= 4 is 0 Å². The molecule has 2 saturated heterocycles. The number of hydrogen-bond donors (Lipinski definition) is 1. The van der Waals surface area contributed by atoms with Crippen molar-refractivity contribution in [2.75, 3.05) is 39.3 Å². The van der Waals surface area contributed by atoms with Crippen LogP contribution in [0.1, 0.15) is 48.5 Å². The zero-order valence-corrected chi connectivity index (χ0v) is 14.4. The maximum absolute atomic E-state index is 3.36. The lowest BCUT2D eigenvalue weighted by molar-refractivity contribution is 0.0304. The van der Waals surface area contributed by atoms with Crippen LogP contribution in [0.4, 0.5) is 0 Å². The molecule has 0 aromatic heterocycles. The standard InChI is InChI=1S/C12H25N3.2C2H6/c1-4-14-7-11(3)15(8-10(14)2)9-12-5-13-6-12;2*1-2/h10-13H,4-9H2,1-3H3;2*1-2H3/t10-,11+;;/m0../s1. The Morgan fingerprint density at radius 3 is 1.79 bits per heavy atom. The van der Waals surface area contributed by atoms with E-state index in [9.17, 15) is 0 Å². The molecule has 0 aliphatic carbocycles. The first-order valence-electron chi connectivity index (χ1n) is 8.39. The van der Waals surface area contributed by atoms with E-state index in [0.29, 0.717) is 0 Å². The molecule has 3 nitrogen and oxygen atoms in total. The number of rotatable bonds is 3. The van der Waals surface area contributed by atoms with Crippen LogP contribution in [0.25, 0.3) is 0 Å². The van der Waals surface area contributed by atoms with Crippen LogP contribution >= 0.6 is 0 Å². The number of likely N-dealkylation sites (N-methyl/N-ethyl adjacent to an activating group) is 1. The van der Waals surface area contributed by atoms with Gasteiger partial charge >= 0.3 is 0 Å². The summed E-state index contributed by atoms with van der Waals surface area (Å²) < 4.78 is 0. The SMILES string of the molecule is CC.CC.CCN1C[C@@H](C)N(CC2CNC2)C[C@@H]1C. The fourth-order valence-corrected chi connectivity index (χ4v) is 2.77. The lowest BCUT2D eigenvalue weighted by Crippen LogP contribution is -2.59. The number of nitrogens with zero attached hydrogens (tertiary/aromatic N) is 2. The zero-order chi connectivity index (χ0) is 14.8. The van der Waals surface area contributed by atoms with E-state index < -0.39 is 0 Å². The van der Waals surface area contributed by atoms with Gasteiger partial charge < -0.3 is 5.32 Å². The molecule has 0 aromatic carbocycles. The van der Waals surface area contributed by atoms with Crippen molar-refractivity contribution in [3.8, 4) is 0 Å². The van der Waals surface area contributed by atoms with E-state index in [-0.39, 0.29) is 0 Å². The molecule has 2 aliphatic rings. The highest BCUT2D eigenvalue weighted by atomic mass is 15.3. The molecule has 1 N–H and O–H groups in total.